The Morgan fingerprint density at radius 3 is 2.77 bits per heavy atom. The molecule has 0 amide bonds. The molecular weight excluding hydrogens is 378 g/mol. The number of guanidine groups is 1. The summed E-state index contributed by atoms with van der Waals surface area (Å²) in [7, 11) is 4.11. The summed E-state index contributed by atoms with van der Waals surface area (Å²) in [5.74, 6) is 2.59. The molecule has 0 saturated carbocycles. The van der Waals surface area contributed by atoms with Gasteiger partial charge in [0.1, 0.15) is 12.4 Å². The van der Waals surface area contributed by atoms with Crippen molar-refractivity contribution in [1.29, 1.82) is 0 Å². The van der Waals surface area contributed by atoms with E-state index in [0.717, 1.165) is 50.0 Å². The molecule has 2 N–H and O–H groups in total. The molecule has 3 unspecified atom stereocenters. The smallest absolute Gasteiger partial charge is 0.192 e. The fraction of sp³-hybridized carbons (Fsp3) is 0.591. The van der Waals surface area contributed by atoms with Crippen molar-refractivity contribution in [3.8, 4) is 0 Å². The molecule has 2 bridgehead atoms. The van der Waals surface area contributed by atoms with E-state index in [9.17, 15) is 0 Å². The summed E-state index contributed by atoms with van der Waals surface area (Å²) in [6.07, 6.45) is 5.12. The van der Waals surface area contributed by atoms with Crippen LogP contribution < -0.4 is 15.5 Å². The van der Waals surface area contributed by atoms with Crippen LogP contribution in [0.5, 0.6) is 0 Å². The molecule has 1 aromatic heterocycles. The van der Waals surface area contributed by atoms with Gasteiger partial charge in [-0.25, -0.2) is 4.99 Å². The van der Waals surface area contributed by atoms with E-state index in [1.807, 2.05) is 24.6 Å². The van der Waals surface area contributed by atoms with Gasteiger partial charge in [-0.1, -0.05) is 18.2 Å². The zero-order valence-electron chi connectivity index (χ0n) is 18.2. The molecule has 2 aromatic rings. The predicted octanol–water partition coefficient (Wildman–Crippen LogP) is 2.01. The molecule has 3 atom stereocenters. The Morgan fingerprint density at radius 1 is 1.27 bits per heavy atom. The highest BCUT2D eigenvalue weighted by Gasteiger charge is 2.41. The quantitative estimate of drug-likeness (QED) is 0.393. The number of ether oxygens (including phenoxy) is 1. The lowest BCUT2D eigenvalue weighted by atomic mass is 9.96. The second kappa shape index (κ2) is 9.47. The number of hydrogen-bond acceptors (Lipinski definition) is 5. The number of nitrogens with one attached hydrogen (secondary N) is 2. The van der Waals surface area contributed by atoms with E-state index in [0.29, 0.717) is 24.8 Å². The van der Waals surface area contributed by atoms with Crippen molar-refractivity contribution >= 4 is 11.6 Å². The SMILES string of the molecule is Cc1nnc(CN=C(NCCCN(C)c2ccccc2)NC2CC3CCC2O3)n1C. The fourth-order valence-electron chi connectivity index (χ4n) is 4.19. The van der Waals surface area contributed by atoms with Gasteiger partial charge in [0.15, 0.2) is 11.8 Å². The molecule has 0 aliphatic carbocycles. The van der Waals surface area contributed by atoms with E-state index >= 15 is 0 Å². The minimum absolute atomic E-state index is 0.309. The van der Waals surface area contributed by atoms with Crippen molar-refractivity contribution in [2.75, 3.05) is 25.0 Å². The number of benzene rings is 1. The summed E-state index contributed by atoms with van der Waals surface area (Å²) in [6.45, 7) is 4.28. The van der Waals surface area contributed by atoms with E-state index in [1.165, 1.54) is 12.1 Å². The lowest BCUT2D eigenvalue weighted by Gasteiger charge is -2.23. The predicted molar refractivity (Wildman–Crippen MR) is 119 cm³/mol. The zero-order chi connectivity index (χ0) is 20.9. The van der Waals surface area contributed by atoms with Gasteiger partial charge in [0.25, 0.3) is 0 Å². The number of aliphatic imine (C=N–C) groups is 1. The number of para-hydroxylation sites is 1. The van der Waals surface area contributed by atoms with Gasteiger partial charge in [-0.15, -0.1) is 10.2 Å². The van der Waals surface area contributed by atoms with E-state index in [4.69, 9.17) is 9.73 Å². The van der Waals surface area contributed by atoms with Gasteiger partial charge in [-0.2, -0.15) is 0 Å². The van der Waals surface area contributed by atoms with Gasteiger partial charge < -0.3 is 24.8 Å². The van der Waals surface area contributed by atoms with Gasteiger partial charge in [0, 0.05) is 32.9 Å². The van der Waals surface area contributed by atoms with Crippen LogP contribution in [0.15, 0.2) is 35.3 Å². The summed E-state index contributed by atoms with van der Waals surface area (Å²) in [5, 5.41) is 15.5. The van der Waals surface area contributed by atoms with Crippen LogP contribution in [0.2, 0.25) is 0 Å². The van der Waals surface area contributed by atoms with Gasteiger partial charge >= 0.3 is 0 Å². The first kappa shape index (κ1) is 20.7. The number of aryl methyl sites for hydroxylation is 1. The summed E-state index contributed by atoms with van der Waals surface area (Å²) in [4.78, 5) is 7.07. The van der Waals surface area contributed by atoms with Crippen LogP contribution >= 0.6 is 0 Å². The van der Waals surface area contributed by atoms with Crippen molar-refractivity contribution in [3.63, 3.8) is 0 Å². The van der Waals surface area contributed by atoms with E-state index in [-0.39, 0.29) is 0 Å². The maximum absolute atomic E-state index is 6.00. The Bertz CT molecular complexity index is 850. The highest BCUT2D eigenvalue weighted by molar-refractivity contribution is 5.80. The number of fused-ring (bicyclic) bond motifs is 2. The monoisotopic (exact) mass is 411 g/mol. The molecule has 1 aromatic carbocycles. The molecule has 2 aliphatic heterocycles. The number of nitrogens with zero attached hydrogens (tertiary/aromatic N) is 5. The van der Waals surface area contributed by atoms with Crippen molar-refractivity contribution in [3.05, 3.63) is 42.0 Å². The summed E-state index contributed by atoms with van der Waals surface area (Å²) in [6, 6.07) is 10.8. The first-order chi connectivity index (χ1) is 14.6. The lowest BCUT2D eigenvalue weighted by molar-refractivity contribution is 0.0992. The Kier molecular flexibility index (Phi) is 6.52. The Morgan fingerprint density at radius 2 is 2.10 bits per heavy atom. The van der Waals surface area contributed by atoms with Crippen molar-refractivity contribution < 1.29 is 4.74 Å². The van der Waals surface area contributed by atoms with Crippen LogP contribution in [0.1, 0.15) is 37.3 Å². The molecule has 2 aliphatic rings. The number of rotatable bonds is 8. The highest BCUT2D eigenvalue weighted by atomic mass is 16.5. The summed E-state index contributed by atoms with van der Waals surface area (Å²) >= 11 is 0. The van der Waals surface area contributed by atoms with Crippen LogP contribution in [-0.4, -0.2) is 59.1 Å². The summed E-state index contributed by atoms with van der Waals surface area (Å²) in [5.41, 5.74) is 1.24. The Balaban J connectivity index is 1.32. The third-order valence-electron chi connectivity index (χ3n) is 6.15. The maximum atomic E-state index is 6.00. The largest absolute Gasteiger partial charge is 0.375 e. The van der Waals surface area contributed by atoms with Crippen molar-refractivity contribution in [2.24, 2.45) is 12.0 Å². The molecule has 0 spiro atoms. The third-order valence-corrected chi connectivity index (χ3v) is 6.15. The number of anilines is 1. The third kappa shape index (κ3) is 4.92. The van der Waals surface area contributed by atoms with Crippen LogP contribution in [-0.2, 0) is 18.3 Å². The van der Waals surface area contributed by atoms with E-state index in [2.05, 4.69) is 57.0 Å². The van der Waals surface area contributed by atoms with Crippen molar-refractivity contribution in [2.45, 2.75) is 57.4 Å². The maximum Gasteiger partial charge on any atom is 0.192 e. The van der Waals surface area contributed by atoms with Crippen LogP contribution in [0.3, 0.4) is 0 Å². The van der Waals surface area contributed by atoms with Crippen LogP contribution in [0.4, 0.5) is 5.69 Å². The molecule has 30 heavy (non-hydrogen) atoms. The zero-order valence-corrected chi connectivity index (χ0v) is 18.2. The first-order valence-corrected chi connectivity index (χ1v) is 10.9. The molecule has 2 fully saturated rings. The molecule has 8 heteroatoms. The standard InChI is InChI=1S/C22H33N7O/c1-16-26-27-21(29(16)3)15-24-22(25-19-14-18-10-11-20(19)30-18)23-12-7-13-28(2)17-8-5-4-6-9-17/h4-6,8-9,18-20H,7,10-15H2,1-3H3,(H2,23,24,25). The van der Waals surface area contributed by atoms with Crippen LogP contribution in [0, 0.1) is 6.92 Å². The molecular formula is C22H33N7O. The van der Waals surface area contributed by atoms with Crippen molar-refractivity contribution in [1.82, 2.24) is 25.4 Å². The molecule has 162 valence electrons. The minimum atomic E-state index is 0.309. The van der Waals surface area contributed by atoms with E-state index < -0.39 is 0 Å². The highest BCUT2D eigenvalue weighted by Crippen LogP contribution is 2.34. The first-order valence-electron chi connectivity index (χ1n) is 10.9. The van der Waals surface area contributed by atoms with Crippen LogP contribution in [0.25, 0.3) is 0 Å². The van der Waals surface area contributed by atoms with E-state index in [1.54, 1.807) is 0 Å². The molecule has 4 rings (SSSR count). The second-order valence-corrected chi connectivity index (χ2v) is 8.29. The molecule has 2 saturated heterocycles. The second-order valence-electron chi connectivity index (χ2n) is 8.29. The fourth-order valence-corrected chi connectivity index (χ4v) is 4.19. The molecule has 8 nitrogen and oxygen atoms in total. The van der Waals surface area contributed by atoms with Gasteiger partial charge in [0.2, 0.25) is 0 Å². The minimum Gasteiger partial charge on any atom is -0.375 e. The average molecular weight is 412 g/mol. The molecule has 3 heterocycles. The number of aromatic nitrogens is 3. The number of hydrogen-bond donors (Lipinski definition) is 2. The summed E-state index contributed by atoms with van der Waals surface area (Å²) < 4.78 is 7.98. The lowest BCUT2D eigenvalue weighted by Crippen LogP contribution is -2.48. The van der Waals surface area contributed by atoms with Gasteiger partial charge in [-0.05, 0) is 44.7 Å². The Labute approximate surface area is 178 Å². The Hall–Kier alpha value is -2.61. The normalized spacial score (nSPS) is 23.0. The van der Waals surface area contributed by atoms with Gasteiger partial charge in [0.05, 0.1) is 18.2 Å². The molecule has 0 radical (unpaired) electrons. The topological polar surface area (TPSA) is 79.6 Å². The average Bonchev–Trinajstić information content (AvgIpc) is 3.47. The van der Waals surface area contributed by atoms with Gasteiger partial charge in [-0.3, -0.25) is 0 Å².